The van der Waals surface area contributed by atoms with E-state index in [0.29, 0.717) is 0 Å². The Morgan fingerprint density at radius 2 is 1.39 bits per heavy atom. The topological polar surface area (TPSA) is 32.6 Å². The lowest BCUT2D eigenvalue weighted by molar-refractivity contribution is 0.444. The Kier molecular flexibility index (Phi) is 9.47. The molecule has 0 bridgehead atoms. The highest BCUT2D eigenvalue weighted by Gasteiger charge is 2.25. The van der Waals surface area contributed by atoms with Crippen molar-refractivity contribution < 1.29 is 5.11 Å². The smallest absolute Gasteiger partial charge is 0.170 e. The Labute approximate surface area is 230 Å². The summed E-state index contributed by atoms with van der Waals surface area (Å²) in [5.41, 5.74) is 4.32. The van der Waals surface area contributed by atoms with Crippen LogP contribution >= 0.6 is 7.55 Å². The molecule has 0 fully saturated rings. The number of nitrogens with zero attached hydrogens (tertiary/aromatic N) is 1. The van der Waals surface area contributed by atoms with Crippen LogP contribution in [0, 0.1) is 0 Å². The van der Waals surface area contributed by atoms with E-state index in [-0.39, 0.29) is 16.6 Å². The van der Waals surface area contributed by atoms with E-state index in [1.165, 1.54) is 16.2 Å². The van der Waals surface area contributed by atoms with Gasteiger partial charge in [-0.1, -0.05) is 103 Å². The van der Waals surface area contributed by atoms with E-state index in [1.54, 1.807) is 12.3 Å². The number of allylic oxidation sites excluding steroid dienone is 4. The number of aromatic hydroxyl groups is 1. The third-order valence-electron chi connectivity index (χ3n) is 6.33. The molecule has 3 rings (SSSR count). The second kappa shape index (κ2) is 12.4. The SMILES string of the molecule is C=CC(N=Cc1cc(C(C)(C)C)cc(C(C)(C)C)c1O)=C(C=CC)C=[P+](c1ccccc1)c1ccccc1. The summed E-state index contributed by atoms with van der Waals surface area (Å²) in [6.07, 6.45) is 7.69. The van der Waals surface area contributed by atoms with Gasteiger partial charge in [0.1, 0.15) is 11.5 Å². The first kappa shape index (κ1) is 29.1. The van der Waals surface area contributed by atoms with Gasteiger partial charge in [0.15, 0.2) is 18.2 Å². The molecule has 3 aromatic carbocycles. The molecular weight excluding hydrogens is 481 g/mol. The van der Waals surface area contributed by atoms with E-state index in [2.05, 4.69) is 121 Å². The molecule has 1 N–H and O–H groups in total. The third kappa shape index (κ3) is 7.30. The quantitative estimate of drug-likeness (QED) is 0.189. The second-order valence-electron chi connectivity index (χ2n) is 11.4. The normalized spacial score (nSPS) is 13.0. The van der Waals surface area contributed by atoms with Crippen molar-refractivity contribution in [3.63, 3.8) is 0 Å². The van der Waals surface area contributed by atoms with Crippen LogP contribution < -0.4 is 10.6 Å². The van der Waals surface area contributed by atoms with Gasteiger partial charge in [-0.3, -0.25) is 4.99 Å². The molecule has 2 nitrogen and oxygen atoms in total. The molecule has 0 aliphatic rings. The van der Waals surface area contributed by atoms with E-state index < -0.39 is 7.55 Å². The fourth-order valence-electron chi connectivity index (χ4n) is 4.13. The molecule has 0 saturated carbocycles. The van der Waals surface area contributed by atoms with Crippen molar-refractivity contribution in [2.24, 2.45) is 4.99 Å². The molecule has 0 atom stereocenters. The Balaban J connectivity index is 2.22. The first-order valence-corrected chi connectivity index (χ1v) is 14.5. The summed E-state index contributed by atoms with van der Waals surface area (Å²) in [4.78, 5) is 4.88. The third-order valence-corrected chi connectivity index (χ3v) is 8.57. The standard InChI is InChI=1S/C35H40NOP/c1-9-17-26(25-38(29-18-13-11-14-19-29)30-20-15-12-16-21-30)32(10-2)36-24-27-22-28(34(3,4)5)23-31(33(27)37)35(6,7)8/h9-25H,2H2,1,3-8H3/p+1. The van der Waals surface area contributed by atoms with Gasteiger partial charge < -0.3 is 5.11 Å². The Morgan fingerprint density at radius 3 is 1.84 bits per heavy atom. The molecule has 0 unspecified atom stereocenters. The molecule has 0 saturated heterocycles. The minimum absolute atomic E-state index is 0.0571. The molecule has 38 heavy (non-hydrogen) atoms. The summed E-state index contributed by atoms with van der Waals surface area (Å²) >= 11 is 0. The minimum atomic E-state index is -0.758. The lowest BCUT2D eigenvalue weighted by atomic mass is 9.79. The molecule has 0 aliphatic heterocycles. The van der Waals surface area contributed by atoms with Crippen molar-refractivity contribution >= 4 is 30.2 Å². The number of hydrogen-bond donors (Lipinski definition) is 1. The van der Waals surface area contributed by atoms with E-state index >= 15 is 0 Å². The van der Waals surface area contributed by atoms with Crippen molar-refractivity contribution in [1.82, 2.24) is 0 Å². The van der Waals surface area contributed by atoms with Crippen molar-refractivity contribution in [3.8, 4) is 5.75 Å². The zero-order valence-corrected chi connectivity index (χ0v) is 24.8. The van der Waals surface area contributed by atoms with Gasteiger partial charge in [0.25, 0.3) is 0 Å². The highest BCUT2D eigenvalue weighted by Crippen LogP contribution is 2.37. The number of hydrogen-bond acceptors (Lipinski definition) is 2. The summed E-state index contributed by atoms with van der Waals surface area (Å²) in [5.74, 6) is 2.59. The lowest BCUT2D eigenvalue weighted by Gasteiger charge is -2.27. The maximum Gasteiger partial charge on any atom is 0.170 e. The molecule has 0 spiro atoms. The molecule has 3 heteroatoms. The van der Waals surface area contributed by atoms with Crippen LogP contribution in [0.25, 0.3) is 0 Å². The Hall–Kier alpha value is -3.48. The zero-order chi connectivity index (χ0) is 27.9. The van der Waals surface area contributed by atoms with Crippen LogP contribution in [-0.2, 0) is 10.8 Å². The van der Waals surface area contributed by atoms with Gasteiger partial charge in [-0.2, -0.15) is 0 Å². The molecule has 0 radical (unpaired) electrons. The van der Waals surface area contributed by atoms with Crippen molar-refractivity contribution in [1.29, 1.82) is 0 Å². The maximum absolute atomic E-state index is 11.2. The van der Waals surface area contributed by atoms with E-state index in [9.17, 15) is 5.11 Å². The molecule has 0 amide bonds. The first-order chi connectivity index (χ1) is 18.0. The fourth-order valence-corrected chi connectivity index (χ4v) is 6.21. The number of rotatable bonds is 7. The minimum Gasteiger partial charge on any atom is -0.507 e. The number of phenolic OH excluding ortho intramolecular Hbond substituents is 1. The summed E-state index contributed by atoms with van der Waals surface area (Å²) in [7, 11) is -0.758. The van der Waals surface area contributed by atoms with Crippen LogP contribution in [0.4, 0.5) is 0 Å². The summed E-state index contributed by atoms with van der Waals surface area (Å²) in [6.45, 7) is 19.0. The second-order valence-corrected chi connectivity index (χ2v) is 13.5. The van der Waals surface area contributed by atoms with Crippen molar-refractivity contribution in [3.05, 3.63) is 126 Å². The lowest BCUT2D eigenvalue weighted by Crippen LogP contribution is -2.17. The highest BCUT2D eigenvalue weighted by atomic mass is 31.1. The molecule has 196 valence electrons. The molecule has 0 heterocycles. The van der Waals surface area contributed by atoms with E-state index in [4.69, 9.17) is 4.99 Å². The van der Waals surface area contributed by atoms with Gasteiger partial charge >= 0.3 is 0 Å². The molecule has 0 aliphatic carbocycles. The number of phenols is 1. The molecule has 3 aromatic rings. The van der Waals surface area contributed by atoms with Crippen LogP contribution in [-0.4, -0.2) is 17.1 Å². The maximum atomic E-state index is 11.2. The van der Waals surface area contributed by atoms with Gasteiger partial charge in [-0.15, -0.1) is 0 Å². The Bertz CT molecular complexity index is 1340. The summed E-state index contributed by atoms with van der Waals surface area (Å²) in [5, 5.41) is 13.8. The van der Waals surface area contributed by atoms with Crippen LogP contribution in [0.3, 0.4) is 0 Å². The highest BCUT2D eigenvalue weighted by molar-refractivity contribution is 7.72. The van der Waals surface area contributed by atoms with Gasteiger partial charge in [0, 0.05) is 22.9 Å². The predicted octanol–water partition coefficient (Wildman–Crippen LogP) is 8.36. The summed E-state index contributed by atoms with van der Waals surface area (Å²) < 4.78 is 0. The molecule has 0 aromatic heterocycles. The van der Waals surface area contributed by atoms with Gasteiger partial charge in [-0.25, -0.2) is 0 Å². The predicted molar refractivity (Wildman–Crippen MR) is 170 cm³/mol. The number of aliphatic imine (C=N–C) groups is 1. The fraction of sp³-hybridized carbons (Fsp3) is 0.257. The van der Waals surface area contributed by atoms with Gasteiger partial charge in [0.05, 0.1) is 5.70 Å². The van der Waals surface area contributed by atoms with Crippen molar-refractivity contribution in [2.75, 3.05) is 0 Å². The van der Waals surface area contributed by atoms with Gasteiger partial charge in [-0.05, 0) is 59.7 Å². The zero-order valence-electron chi connectivity index (χ0n) is 23.9. The summed E-state index contributed by atoms with van der Waals surface area (Å²) in [6, 6.07) is 25.4. The largest absolute Gasteiger partial charge is 0.507 e. The molecular formula is C35H41NOP+. The van der Waals surface area contributed by atoms with E-state index in [0.717, 1.165) is 22.4 Å². The van der Waals surface area contributed by atoms with Crippen LogP contribution in [0.15, 0.2) is 114 Å². The monoisotopic (exact) mass is 522 g/mol. The van der Waals surface area contributed by atoms with Crippen LogP contribution in [0.1, 0.15) is 65.2 Å². The van der Waals surface area contributed by atoms with Gasteiger partial charge in [0.2, 0.25) is 0 Å². The average Bonchev–Trinajstić information content (AvgIpc) is 2.87. The average molecular weight is 523 g/mol. The van der Waals surface area contributed by atoms with E-state index in [1.807, 2.05) is 25.1 Å². The Morgan fingerprint density at radius 1 is 0.842 bits per heavy atom. The van der Waals surface area contributed by atoms with Crippen molar-refractivity contribution in [2.45, 2.75) is 59.3 Å². The first-order valence-electron chi connectivity index (χ1n) is 13.1. The van der Waals surface area contributed by atoms with Crippen LogP contribution in [0.2, 0.25) is 0 Å². The van der Waals surface area contributed by atoms with Crippen LogP contribution in [0.5, 0.6) is 5.75 Å². The number of benzene rings is 3.